The maximum Gasteiger partial charge on any atom is 0.0625 e. The molecule has 0 aliphatic carbocycles. The van der Waals surface area contributed by atoms with Crippen molar-refractivity contribution in [1.82, 2.24) is 9.78 Å². The molecule has 0 amide bonds. The van der Waals surface area contributed by atoms with Crippen LogP contribution in [0.2, 0.25) is 0 Å². The van der Waals surface area contributed by atoms with Crippen molar-refractivity contribution in [3.63, 3.8) is 0 Å². The topological polar surface area (TPSA) is 43.8 Å². The highest BCUT2D eigenvalue weighted by Crippen LogP contribution is 2.19. The van der Waals surface area contributed by atoms with Crippen molar-refractivity contribution in [3.8, 4) is 0 Å². The van der Waals surface area contributed by atoms with Crippen LogP contribution in [0.5, 0.6) is 0 Å². The van der Waals surface area contributed by atoms with E-state index in [0.717, 1.165) is 30.8 Å². The zero-order valence-electron chi connectivity index (χ0n) is 10.4. The minimum absolute atomic E-state index is 0.0392. The molecule has 4 heteroatoms. The second-order valence-corrected chi connectivity index (χ2v) is 4.95. The monoisotopic (exact) mass is 249 g/mol. The fourth-order valence-corrected chi connectivity index (χ4v) is 2.66. The van der Waals surface area contributed by atoms with Crippen LogP contribution in [0.3, 0.4) is 0 Å². The molecule has 0 aliphatic rings. The average molecular weight is 249 g/mol. The van der Waals surface area contributed by atoms with Gasteiger partial charge in [0, 0.05) is 6.54 Å². The van der Waals surface area contributed by atoms with Gasteiger partial charge in [0.15, 0.2) is 0 Å². The van der Waals surface area contributed by atoms with E-state index in [1.165, 1.54) is 5.56 Å². The van der Waals surface area contributed by atoms with Crippen LogP contribution in [0, 0.1) is 0 Å². The summed E-state index contributed by atoms with van der Waals surface area (Å²) in [6, 6.07) is 4.32. The standard InChI is InChI=1S/C13H19N3S/c1-3-11-8-13(16(4-2)15-11)12(14)7-10-5-6-17-9-10/h5-6,8-9,12H,3-4,7,14H2,1-2H3. The zero-order valence-corrected chi connectivity index (χ0v) is 11.2. The lowest BCUT2D eigenvalue weighted by molar-refractivity contribution is 0.565. The van der Waals surface area contributed by atoms with Gasteiger partial charge >= 0.3 is 0 Å². The Labute approximate surface area is 106 Å². The van der Waals surface area contributed by atoms with Gasteiger partial charge in [-0.25, -0.2) is 0 Å². The van der Waals surface area contributed by atoms with E-state index in [9.17, 15) is 0 Å². The molecule has 0 aromatic carbocycles. The third-order valence-corrected chi connectivity index (χ3v) is 3.67. The van der Waals surface area contributed by atoms with Crippen LogP contribution in [0.15, 0.2) is 22.9 Å². The summed E-state index contributed by atoms with van der Waals surface area (Å²) >= 11 is 1.72. The first-order chi connectivity index (χ1) is 8.24. The fraction of sp³-hybridized carbons (Fsp3) is 0.462. The first-order valence-electron chi connectivity index (χ1n) is 6.07. The number of rotatable bonds is 5. The zero-order chi connectivity index (χ0) is 12.3. The Morgan fingerprint density at radius 1 is 1.47 bits per heavy atom. The number of thiophene rings is 1. The SMILES string of the molecule is CCc1cc(C(N)Cc2ccsc2)n(CC)n1. The van der Waals surface area contributed by atoms with Crippen molar-refractivity contribution >= 4 is 11.3 Å². The van der Waals surface area contributed by atoms with Crippen LogP contribution >= 0.6 is 11.3 Å². The van der Waals surface area contributed by atoms with Crippen molar-refractivity contribution in [2.24, 2.45) is 5.73 Å². The van der Waals surface area contributed by atoms with Gasteiger partial charge in [-0.3, -0.25) is 4.68 Å². The molecule has 2 aromatic rings. The highest BCUT2D eigenvalue weighted by atomic mass is 32.1. The molecule has 0 spiro atoms. The van der Waals surface area contributed by atoms with Gasteiger partial charge in [-0.05, 0) is 48.2 Å². The van der Waals surface area contributed by atoms with Crippen molar-refractivity contribution in [1.29, 1.82) is 0 Å². The first-order valence-corrected chi connectivity index (χ1v) is 7.02. The van der Waals surface area contributed by atoms with Gasteiger partial charge in [0.05, 0.1) is 17.4 Å². The Bertz CT molecular complexity index is 459. The summed E-state index contributed by atoms with van der Waals surface area (Å²) in [7, 11) is 0. The normalized spacial score (nSPS) is 12.9. The molecule has 0 saturated heterocycles. The summed E-state index contributed by atoms with van der Waals surface area (Å²) in [6.07, 6.45) is 1.85. The Morgan fingerprint density at radius 2 is 2.29 bits per heavy atom. The maximum absolute atomic E-state index is 6.27. The van der Waals surface area contributed by atoms with E-state index in [4.69, 9.17) is 5.73 Å². The van der Waals surface area contributed by atoms with E-state index >= 15 is 0 Å². The summed E-state index contributed by atoms with van der Waals surface area (Å²) in [5, 5.41) is 8.79. The van der Waals surface area contributed by atoms with Gasteiger partial charge in [0.2, 0.25) is 0 Å². The lowest BCUT2D eigenvalue weighted by Crippen LogP contribution is -2.17. The summed E-state index contributed by atoms with van der Waals surface area (Å²) in [5.41, 5.74) is 9.86. The molecule has 1 atom stereocenters. The van der Waals surface area contributed by atoms with Crippen LogP contribution in [0.25, 0.3) is 0 Å². The Balaban J connectivity index is 2.17. The van der Waals surface area contributed by atoms with E-state index in [0.29, 0.717) is 0 Å². The molecular formula is C13H19N3S. The van der Waals surface area contributed by atoms with Gasteiger partial charge in [-0.1, -0.05) is 6.92 Å². The molecule has 17 heavy (non-hydrogen) atoms. The van der Waals surface area contributed by atoms with Gasteiger partial charge in [0.25, 0.3) is 0 Å². The first kappa shape index (κ1) is 12.3. The lowest BCUT2D eigenvalue weighted by Gasteiger charge is -2.12. The van der Waals surface area contributed by atoms with Crippen molar-refractivity contribution in [3.05, 3.63) is 39.8 Å². The molecule has 0 aliphatic heterocycles. The summed E-state index contributed by atoms with van der Waals surface area (Å²) in [5.74, 6) is 0. The molecule has 3 nitrogen and oxygen atoms in total. The molecule has 0 fully saturated rings. The van der Waals surface area contributed by atoms with Crippen molar-refractivity contribution in [2.45, 2.75) is 39.3 Å². The second kappa shape index (κ2) is 5.47. The molecule has 92 valence electrons. The Kier molecular flexibility index (Phi) is 3.97. The summed E-state index contributed by atoms with van der Waals surface area (Å²) < 4.78 is 2.02. The third kappa shape index (κ3) is 2.76. The second-order valence-electron chi connectivity index (χ2n) is 4.17. The Hall–Kier alpha value is -1.13. The molecule has 0 saturated carbocycles. The minimum Gasteiger partial charge on any atom is -0.322 e. The van der Waals surface area contributed by atoms with Gasteiger partial charge in [0.1, 0.15) is 0 Å². The van der Waals surface area contributed by atoms with Crippen molar-refractivity contribution in [2.75, 3.05) is 0 Å². The van der Waals surface area contributed by atoms with Crippen LogP contribution in [-0.2, 0) is 19.4 Å². The molecule has 0 bridgehead atoms. The smallest absolute Gasteiger partial charge is 0.0625 e. The summed E-state index contributed by atoms with van der Waals surface area (Å²) in [6.45, 7) is 5.11. The molecular weight excluding hydrogens is 230 g/mol. The number of nitrogens with two attached hydrogens (primary N) is 1. The third-order valence-electron chi connectivity index (χ3n) is 2.94. The molecule has 1 unspecified atom stereocenters. The fourth-order valence-electron chi connectivity index (χ4n) is 1.98. The number of hydrogen-bond acceptors (Lipinski definition) is 3. The number of aromatic nitrogens is 2. The quantitative estimate of drug-likeness (QED) is 0.885. The average Bonchev–Trinajstić information content (AvgIpc) is 2.96. The number of nitrogens with zero attached hydrogens (tertiary/aromatic N) is 2. The van der Waals surface area contributed by atoms with E-state index in [1.807, 2.05) is 4.68 Å². The van der Waals surface area contributed by atoms with Crippen LogP contribution in [0.1, 0.15) is 36.8 Å². The molecule has 2 N–H and O–H groups in total. The molecule has 2 heterocycles. The van der Waals surface area contributed by atoms with E-state index in [1.54, 1.807) is 11.3 Å². The maximum atomic E-state index is 6.27. The predicted octanol–water partition coefficient (Wildman–Crippen LogP) is 2.77. The molecule has 2 rings (SSSR count). The highest BCUT2D eigenvalue weighted by molar-refractivity contribution is 7.07. The molecule has 0 radical (unpaired) electrons. The number of hydrogen-bond donors (Lipinski definition) is 1. The Morgan fingerprint density at radius 3 is 2.88 bits per heavy atom. The van der Waals surface area contributed by atoms with E-state index in [-0.39, 0.29) is 6.04 Å². The molecule has 2 aromatic heterocycles. The minimum atomic E-state index is 0.0392. The van der Waals surface area contributed by atoms with Gasteiger partial charge in [-0.15, -0.1) is 0 Å². The van der Waals surface area contributed by atoms with Crippen LogP contribution in [-0.4, -0.2) is 9.78 Å². The van der Waals surface area contributed by atoms with E-state index < -0.39 is 0 Å². The van der Waals surface area contributed by atoms with Gasteiger partial charge in [-0.2, -0.15) is 16.4 Å². The highest BCUT2D eigenvalue weighted by Gasteiger charge is 2.14. The van der Waals surface area contributed by atoms with Crippen LogP contribution in [0.4, 0.5) is 0 Å². The summed E-state index contributed by atoms with van der Waals surface area (Å²) in [4.78, 5) is 0. The van der Waals surface area contributed by atoms with Crippen molar-refractivity contribution < 1.29 is 0 Å². The predicted molar refractivity (Wildman–Crippen MR) is 72.2 cm³/mol. The van der Waals surface area contributed by atoms with Crippen LogP contribution < -0.4 is 5.73 Å². The van der Waals surface area contributed by atoms with E-state index in [2.05, 4.69) is 41.8 Å². The largest absolute Gasteiger partial charge is 0.322 e. The van der Waals surface area contributed by atoms with Gasteiger partial charge < -0.3 is 5.73 Å². The number of aryl methyl sites for hydroxylation is 2. The lowest BCUT2D eigenvalue weighted by atomic mass is 10.1.